The lowest BCUT2D eigenvalue weighted by atomic mass is 10.2. The molecule has 0 N–H and O–H groups in total. The number of carbonyl (C=O) groups excluding carboxylic acids is 1. The molecule has 2 heterocycles. The summed E-state index contributed by atoms with van der Waals surface area (Å²) in [6, 6.07) is -0.0173. The normalized spacial score (nSPS) is 14.7. The van der Waals surface area contributed by atoms with Gasteiger partial charge in [0.2, 0.25) is 0 Å². The Labute approximate surface area is 179 Å². The van der Waals surface area contributed by atoms with E-state index < -0.39 is 11.6 Å². The molecule has 0 aliphatic heterocycles. The number of fused-ring (bicyclic) bond motifs is 1. The number of aliphatic imine (C=N–C) groups is 1. The smallest absolute Gasteiger partial charge is 0.332 e. The molecule has 1 aliphatic carbocycles. The standard InChI is InChI=1S/C21H29N3O5S/c1-6-28-10-9-23-19-17(18(26)24(20(23)27)14-7-8-14)13(2)15(30-19)11-22-12-16(25)29-21(3,4)5/h11,14H,6-10,12H2,1-5H3. The molecule has 30 heavy (non-hydrogen) atoms. The number of aryl methyl sites for hydroxylation is 1. The average Bonchev–Trinajstić information content (AvgIpc) is 3.41. The molecule has 0 aromatic carbocycles. The minimum absolute atomic E-state index is 0.0173. The van der Waals surface area contributed by atoms with Gasteiger partial charge in [0, 0.05) is 18.9 Å². The second kappa shape index (κ2) is 8.85. The van der Waals surface area contributed by atoms with Crippen molar-refractivity contribution in [2.45, 2.75) is 65.6 Å². The van der Waals surface area contributed by atoms with E-state index in [4.69, 9.17) is 9.47 Å². The molecule has 0 saturated heterocycles. The van der Waals surface area contributed by atoms with E-state index in [1.54, 1.807) is 31.6 Å². The topological polar surface area (TPSA) is 91.9 Å². The van der Waals surface area contributed by atoms with Crippen molar-refractivity contribution < 1.29 is 14.3 Å². The van der Waals surface area contributed by atoms with E-state index in [2.05, 4.69) is 4.99 Å². The van der Waals surface area contributed by atoms with Crippen LogP contribution in [0.4, 0.5) is 0 Å². The van der Waals surface area contributed by atoms with E-state index in [0.717, 1.165) is 23.3 Å². The van der Waals surface area contributed by atoms with Gasteiger partial charge in [-0.15, -0.1) is 11.3 Å². The van der Waals surface area contributed by atoms with Gasteiger partial charge in [-0.1, -0.05) is 0 Å². The van der Waals surface area contributed by atoms with E-state index in [1.165, 1.54) is 15.9 Å². The molecule has 2 aromatic rings. The highest BCUT2D eigenvalue weighted by Crippen LogP contribution is 2.34. The van der Waals surface area contributed by atoms with E-state index in [-0.39, 0.29) is 23.8 Å². The summed E-state index contributed by atoms with van der Waals surface area (Å²) >= 11 is 1.34. The van der Waals surface area contributed by atoms with Gasteiger partial charge in [-0.05, 0) is 53.0 Å². The fourth-order valence-electron chi connectivity index (χ4n) is 3.23. The Hall–Kier alpha value is -2.26. The third-order valence-corrected chi connectivity index (χ3v) is 5.95. The van der Waals surface area contributed by atoms with Crippen LogP contribution in [-0.2, 0) is 20.8 Å². The van der Waals surface area contributed by atoms with Crippen LogP contribution < -0.4 is 11.2 Å². The van der Waals surface area contributed by atoms with Crippen LogP contribution in [0.1, 0.15) is 57.0 Å². The van der Waals surface area contributed by atoms with Crippen molar-refractivity contribution in [3.63, 3.8) is 0 Å². The van der Waals surface area contributed by atoms with Crippen LogP contribution in [0.15, 0.2) is 14.6 Å². The number of carbonyl (C=O) groups is 1. The third-order valence-electron chi connectivity index (χ3n) is 4.70. The summed E-state index contributed by atoms with van der Waals surface area (Å²) in [6.45, 7) is 10.4. The molecular formula is C21H29N3O5S. The van der Waals surface area contributed by atoms with Gasteiger partial charge >= 0.3 is 11.7 Å². The summed E-state index contributed by atoms with van der Waals surface area (Å²) in [5.41, 5.74) is -0.323. The Morgan fingerprint density at radius 2 is 2.00 bits per heavy atom. The maximum Gasteiger partial charge on any atom is 0.332 e. The van der Waals surface area contributed by atoms with Crippen molar-refractivity contribution in [1.82, 2.24) is 9.13 Å². The molecule has 0 atom stereocenters. The van der Waals surface area contributed by atoms with Crippen LogP contribution in [0, 0.1) is 6.92 Å². The zero-order valence-electron chi connectivity index (χ0n) is 18.2. The molecule has 1 saturated carbocycles. The Morgan fingerprint density at radius 3 is 2.60 bits per heavy atom. The van der Waals surface area contributed by atoms with Crippen LogP contribution in [0.5, 0.6) is 0 Å². The number of esters is 1. The summed E-state index contributed by atoms with van der Waals surface area (Å²) in [6.07, 6.45) is 3.28. The fraction of sp³-hybridized carbons (Fsp3) is 0.619. The third kappa shape index (κ3) is 4.89. The molecule has 0 amide bonds. The number of hydrogen-bond acceptors (Lipinski definition) is 7. The van der Waals surface area contributed by atoms with Gasteiger partial charge in [0.05, 0.1) is 23.4 Å². The second-order valence-corrected chi connectivity index (χ2v) is 9.40. The van der Waals surface area contributed by atoms with Gasteiger partial charge in [-0.3, -0.25) is 23.7 Å². The van der Waals surface area contributed by atoms with Crippen molar-refractivity contribution in [1.29, 1.82) is 0 Å². The Balaban J connectivity index is 1.99. The molecular weight excluding hydrogens is 406 g/mol. The molecule has 0 unspecified atom stereocenters. The van der Waals surface area contributed by atoms with E-state index in [0.29, 0.717) is 30.0 Å². The molecule has 0 radical (unpaired) electrons. The highest BCUT2D eigenvalue weighted by atomic mass is 32.1. The molecule has 0 bridgehead atoms. The first kappa shape index (κ1) is 22.4. The average molecular weight is 436 g/mol. The van der Waals surface area contributed by atoms with Crippen LogP contribution in [0.25, 0.3) is 10.2 Å². The van der Waals surface area contributed by atoms with E-state index in [1.807, 2.05) is 13.8 Å². The van der Waals surface area contributed by atoms with Crippen molar-refractivity contribution >= 4 is 33.7 Å². The van der Waals surface area contributed by atoms with Gasteiger partial charge in [-0.2, -0.15) is 0 Å². The number of hydrogen-bond donors (Lipinski definition) is 0. The lowest BCUT2D eigenvalue weighted by Crippen LogP contribution is -2.39. The summed E-state index contributed by atoms with van der Waals surface area (Å²) in [7, 11) is 0. The highest BCUT2D eigenvalue weighted by molar-refractivity contribution is 7.20. The minimum atomic E-state index is -0.565. The maximum atomic E-state index is 13.1. The van der Waals surface area contributed by atoms with Crippen molar-refractivity contribution in [3.8, 4) is 0 Å². The number of thiophene rings is 1. The molecule has 164 valence electrons. The van der Waals surface area contributed by atoms with Gasteiger partial charge in [0.15, 0.2) is 0 Å². The summed E-state index contributed by atoms with van der Waals surface area (Å²) in [4.78, 5) is 43.6. The lowest BCUT2D eigenvalue weighted by molar-refractivity contribution is -0.152. The molecule has 1 fully saturated rings. The number of nitrogens with zero attached hydrogens (tertiary/aromatic N) is 3. The first-order chi connectivity index (χ1) is 14.1. The van der Waals surface area contributed by atoms with Gasteiger partial charge in [0.25, 0.3) is 5.56 Å². The molecule has 9 heteroatoms. The first-order valence-electron chi connectivity index (χ1n) is 10.2. The molecule has 1 aliphatic rings. The molecule has 2 aromatic heterocycles. The largest absolute Gasteiger partial charge is 0.459 e. The summed E-state index contributed by atoms with van der Waals surface area (Å²) in [5, 5.41) is 0.543. The van der Waals surface area contributed by atoms with Crippen molar-refractivity contribution in [2.75, 3.05) is 19.8 Å². The predicted molar refractivity (Wildman–Crippen MR) is 118 cm³/mol. The summed E-state index contributed by atoms with van der Waals surface area (Å²) in [5.74, 6) is -0.415. The van der Waals surface area contributed by atoms with Gasteiger partial charge in [0.1, 0.15) is 17.0 Å². The van der Waals surface area contributed by atoms with Crippen molar-refractivity contribution in [3.05, 3.63) is 31.3 Å². The number of rotatable bonds is 8. The van der Waals surface area contributed by atoms with Crippen molar-refractivity contribution in [2.24, 2.45) is 4.99 Å². The molecule has 3 rings (SSSR count). The SMILES string of the molecule is CCOCCn1c(=O)n(C2CC2)c(=O)c2c(C)c(C=NCC(=O)OC(C)(C)C)sc21. The Bertz CT molecular complexity index is 1080. The van der Waals surface area contributed by atoms with Crippen LogP contribution >= 0.6 is 11.3 Å². The Kier molecular flexibility index (Phi) is 6.62. The first-order valence-corrected chi connectivity index (χ1v) is 11.0. The fourth-order valence-corrected chi connectivity index (χ4v) is 4.45. The van der Waals surface area contributed by atoms with Gasteiger partial charge in [-0.25, -0.2) is 4.79 Å². The maximum absolute atomic E-state index is 13.1. The Morgan fingerprint density at radius 1 is 1.30 bits per heavy atom. The zero-order chi connectivity index (χ0) is 22.1. The minimum Gasteiger partial charge on any atom is -0.459 e. The predicted octanol–water partition coefficient (Wildman–Crippen LogP) is 2.67. The van der Waals surface area contributed by atoms with E-state index in [9.17, 15) is 14.4 Å². The second-order valence-electron chi connectivity index (χ2n) is 8.37. The number of aromatic nitrogens is 2. The van der Waals surface area contributed by atoms with Crippen LogP contribution in [0.2, 0.25) is 0 Å². The molecule has 0 spiro atoms. The number of ether oxygens (including phenoxy) is 2. The van der Waals surface area contributed by atoms with E-state index >= 15 is 0 Å². The zero-order valence-corrected chi connectivity index (χ0v) is 19.0. The van der Waals surface area contributed by atoms with Gasteiger partial charge < -0.3 is 9.47 Å². The highest BCUT2D eigenvalue weighted by Gasteiger charge is 2.30. The molecule has 8 nitrogen and oxygen atoms in total. The summed E-state index contributed by atoms with van der Waals surface area (Å²) < 4.78 is 13.7. The lowest BCUT2D eigenvalue weighted by Gasteiger charge is -2.18. The quantitative estimate of drug-likeness (QED) is 0.361. The van der Waals surface area contributed by atoms with Crippen LogP contribution in [0.3, 0.4) is 0 Å². The van der Waals surface area contributed by atoms with Crippen LogP contribution in [-0.4, -0.2) is 46.7 Å². The monoisotopic (exact) mass is 435 g/mol.